The van der Waals surface area contributed by atoms with Crippen LogP contribution in [0.15, 0.2) is 34.7 Å². The topological polar surface area (TPSA) is 92.0 Å². The number of fused-ring (bicyclic) bond motifs is 2. The summed E-state index contributed by atoms with van der Waals surface area (Å²) in [6, 6.07) is 1.82. The molecular formula is C24H30O7. The Balaban J connectivity index is 1.82. The minimum atomic E-state index is -0.758. The molecule has 2 aliphatic carbocycles. The molecule has 4 rings (SSSR count). The van der Waals surface area contributed by atoms with E-state index in [0.717, 1.165) is 24.0 Å². The van der Waals surface area contributed by atoms with Crippen LogP contribution in [0.3, 0.4) is 0 Å². The average Bonchev–Trinajstić information content (AvgIpc) is 3.33. The van der Waals surface area contributed by atoms with Gasteiger partial charge in [0.25, 0.3) is 0 Å². The number of cyclic esters (lactones) is 1. The van der Waals surface area contributed by atoms with Gasteiger partial charge in [0.05, 0.1) is 23.4 Å². The van der Waals surface area contributed by atoms with Gasteiger partial charge in [0.1, 0.15) is 18.8 Å². The van der Waals surface area contributed by atoms with E-state index in [1.54, 1.807) is 12.5 Å². The van der Waals surface area contributed by atoms with Crippen molar-refractivity contribution in [2.45, 2.75) is 65.6 Å². The third kappa shape index (κ3) is 3.29. The Morgan fingerprint density at radius 2 is 2.03 bits per heavy atom. The fraction of sp³-hybridized carbons (Fsp3) is 0.625. The summed E-state index contributed by atoms with van der Waals surface area (Å²) in [4.78, 5) is 37.4. The molecule has 2 fully saturated rings. The molecule has 1 saturated heterocycles. The van der Waals surface area contributed by atoms with Crippen molar-refractivity contribution < 1.29 is 33.0 Å². The van der Waals surface area contributed by atoms with E-state index >= 15 is 0 Å². The van der Waals surface area contributed by atoms with Gasteiger partial charge in [0, 0.05) is 25.8 Å². The minimum Gasteiger partial charge on any atom is -0.472 e. The van der Waals surface area contributed by atoms with Gasteiger partial charge in [-0.05, 0) is 44.1 Å². The maximum Gasteiger partial charge on any atom is 0.313 e. The molecule has 7 nitrogen and oxygen atoms in total. The normalized spacial score (nSPS) is 37.0. The van der Waals surface area contributed by atoms with E-state index in [9.17, 15) is 14.4 Å². The lowest BCUT2D eigenvalue weighted by Crippen LogP contribution is -2.63. The number of ether oxygens (including phenoxy) is 3. The van der Waals surface area contributed by atoms with Gasteiger partial charge in [0.15, 0.2) is 0 Å². The molecule has 0 radical (unpaired) electrons. The quantitative estimate of drug-likeness (QED) is 0.403. The van der Waals surface area contributed by atoms with Gasteiger partial charge in [-0.3, -0.25) is 14.4 Å². The van der Waals surface area contributed by atoms with E-state index in [4.69, 9.17) is 18.6 Å². The lowest BCUT2D eigenvalue weighted by atomic mass is 9.45. The standard InChI is InChI=1S/C24H30O7/c1-14-6-5-7-20-23(11-19(31-22(23)27)18-8-9-28-12-18)15(2)10-21(30-17(4)26)24(14,20)13-29-16(3)25/h6,8-9,12,15,19-21H,5,7,10-11,13H2,1-4H3/t15-,19+,20-,21+,23-,24+/m1/s1. The first-order valence-electron chi connectivity index (χ1n) is 10.9. The second kappa shape index (κ2) is 7.84. The van der Waals surface area contributed by atoms with Crippen LogP contribution in [-0.4, -0.2) is 30.6 Å². The van der Waals surface area contributed by atoms with Crippen LogP contribution >= 0.6 is 0 Å². The molecule has 1 saturated carbocycles. The van der Waals surface area contributed by atoms with E-state index < -0.39 is 22.9 Å². The number of carbonyl (C=O) groups excluding carboxylic acids is 3. The molecule has 7 heteroatoms. The third-order valence-corrected chi connectivity index (χ3v) is 7.80. The number of carbonyl (C=O) groups is 3. The first-order chi connectivity index (χ1) is 14.7. The van der Waals surface area contributed by atoms with Crippen molar-refractivity contribution in [3.05, 3.63) is 35.8 Å². The summed E-state index contributed by atoms with van der Waals surface area (Å²) >= 11 is 0. The number of hydrogen-bond acceptors (Lipinski definition) is 7. The van der Waals surface area contributed by atoms with Gasteiger partial charge in [0.2, 0.25) is 0 Å². The highest BCUT2D eigenvalue weighted by Gasteiger charge is 2.69. The van der Waals surface area contributed by atoms with Crippen LogP contribution in [0.5, 0.6) is 0 Å². The highest BCUT2D eigenvalue weighted by molar-refractivity contribution is 5.81. The maximum atomic E-state index is 13.6. The molecule has 2 heterocycles. The fourth-order valence-corrected chi connectivity index (χ4v) is 6.35. The monoisotopic (exact) mass is 430 g/mol. The molecule has 1 aromatic rings. The molecule has 1 aliphatic heterocycles. The third-order valence-electron chi connectivity index (χ3n) is 7.80. The van der Waals surface area contributed by atoms with Gasteiger partial charge in [-0.25, -0.2) is 0 Å². The second-order valence-corrected chi connectivity index (χ2v) is 9.27. The first-order valence-corrected chi connectivity index (χ1v) is 10.9. The lowest BCUT2D eigenvalue weighted by Gasteiger charge is -2.59. The largest absolute Gasteiger partial charge is 0.472 e. The van der Waals surface area contributed by atoms with Crippen LogP contribution in [0.1, 0.15) is 65.0 Å². The van der Waals surface area contributed by atoms with Crippen LogP contribution in [0.4, 0.5) is 0 Å². The zero-order chi connectivity index (χ0) is 22.4. The van der Waals surface area contributed by atoms with Crippen LogP contribution in [-0.2, 0) is 28.6 Å². The first kappa shape index (κ1) is 21.7. The van der Waals surface area contributed by atoms with Crippen molar-refractivity contribution in [2.75, 3.05) is 6.61 Å². The van der Waals surface area contributed by atoms with Gasteiger partial charge >= 0.3 is 17.9 Å². The van der Waals surface area contributed by atoms with Crippen LogP contribution < -0.4 is 0 Å². The summed E-state index contributed by atoms with van der Waals surface area (Å²) in [5.74, 6) is -1.24. The van der Waals surface area contributed by atoms with E-state index in [1.807, 2.05) is 19.9 Å². The number of allylic oxidation sites excluding steroid dienone is 1. The number of furan rings is 1. The Morgan fingerprint density at radius 3 is 2.68 bits per heavy atom. The zero-order valence-corrected chi connectivity index (χ0v) is 18.5. The predicted molar refractivity (Wildman–Crippen MR) is 109 cm³/mol. The van der Waals surface area contributed by atoms with E-state index in [-0.39, 0.29) is 36.5 Å². The SMILES string of the molecule is CC(=O)OC[C@]12C(C)=CCC[C@@H]1[C@@]1(C[C@@H](c3ccoc3)OC1=O)[C@H](C)C[C@@H]2OC(C)=O. The predicted octanol–water partition coefficient (Wildman–Crippen LogP) is 4.13. The molecule has 0 bridgehead atoms. The Bertz CT molecular complexity index is 901. The fourth-order valence-electron chi connectivity index (χ4n) is 6.35. The van der Waals surface area contributed by atoms with E-state index in [1.165, 1.54) is 13.8 Å². The molecule has 0 aromatic carbocycles. The van der Waals surface area contributed by atoms with Crippen molar-refractivity contribution in [1.82, 2.24) is 0 Å². The van der Waals surface area contributed by atoms with Crippen LogP contribution in [0.2, 0.25) is 0 Å². The molecule has 1 spiro atoms. The second-order valence-electron chi connectivity index (χ2n) is 9.27. The van der Waals surface area contributed by atoms with Crippen molar-refractivity contribution in [3.8, 4) is 0 Å². The van der Waals surface area contributed by atoms with Crippen LogP contribution in [0.25, 0.3) is 0 Å². The lowest BCUT2D eigenvalue weighted by molar-refractivity contribution is -0.195. The molecule has 3 aliphatic rings. The number of hydrogen-bond donors (Lipinski definition) is 0. The van der Waals surface area contributed by atoms with Gasteiger partial charge in [-0.1, -0.05) is 18.6 Å². The average molecular weight is 430 g/mol. The highest BCUT2D eigenvalue weighted by atomic mass is 16.6. The number of rotatable bonds is 4. The van der Waals surface area contributed by atoms with Crippen molar-refractivity contribution >= 4 is 17.9 Å². The summed E-state index contributed by atoms with van der Waals surface area (Å²) < 4.78 is 22.5. The summed E-state index contributed by atoms with van der Waals surface area (Å²) in [6.45, 7) is 6.87. The Labute approximate surface area is 182 Å². The smallest absolute Gasteiger partial charge is 0.313 e. The Morgan fingerprint density at radius 1 is 1.26 bits per heavy atom. The van der Waals surface area contributed by atoms with Crippen LogP contribution in [0, 0.1) is 22.7 Å². The Hall–Kier alpha value is -2.57. The molecule has 1 aromatic heterocycles. The van der Waals surface area contributed by atoms with E-state index in [0.29, 0.717) is 12.8 Å². The number of esters is 3. The minimum absolute atomic E-state index is 0.0670. The van der Waals surface area contributed by atoms with Crippen molar-refractivity contribution in [1.29, 1.82) is 0 Å². The molecule has 168 valence electrons. The van der Waals surface area contributed by atoms with E-state index in [2.05, 4.69) is 6.08 Å². The Kier molecular flexibility index (Phi) is 5.48. The molecule has 0 amide bonds. The summed E-state index contributed by atoms with van der Waals surface area (Å²) in [5, 5.41) is 0. The maximum absolute atomic E-state index is 13.6. The molecule has 0 unspecified atom stereocenters. The molecular weight excluding hydrogens is 400 g/mol. The molecule has 6 atom stereocenters. The van der Waals surface area contributed by atoms with Gasteiger partial charge in [-0.2, -0.15) is 0 Å². The summed E-state index contributed by atoms with van der Waals surface area (Å²) in [6.07, 6.45) is 7.02. The summed E-state index contributed by atoms with van der Waals surface area (Å²) in [5.41, 5.74) is 0.330. The highest BCUT2D eigenvalue weighted by Crippen LogP contribution is 2.66. The van der Waals surface area contributed by atoms with Crippen molar-refractivity contribution in [3.63, 3.8) is 0 Å². The van der Waals surface area contributed by atoms with Crippen molar-refractivity contribution in [2.24, 2.45) is 22.7 Å². The van der Waals surface area contributed by atoms with Gasteiger partial charge < -0.3 is 18.6 Å². The molecule has 31 heavy (non-hydrogen) atoms. The summed E-state index contributed by atoms with van der Waals surface area (Å²) in [7, 11) is 0. The zero-order valence-electron chi connectivity index (χ0n) is 18.5. The van der Waals surface area contributed by atoms with Gasteiger partial charge in [-0.15, -0.1) is 0 Å². The molecule has 0 N–H and O–H groups in total.